The molecule has 0 spiro atoms. The topological polar surface area (TPSA) is 78.8 Å². The van der Waals surface area contributed by atoms with Crippen LogP contribution in [-0.4, -0.2) is 35.9 Å². The summed E-state index contributed by atoms with van der Waals surface area (Å²) in [5.41, 5.74) is 1.93. The van der Waals surface area contributed by atoms with Crippen molar-refractivity contribution < 1.29 is 19.7 Å². The molecule has 0 fully saturated rings. The van der Waals surface area contributed by atoms with Crippen molar-refractivity contribution in [1.82, 2.24) is 5.32 Å². The second-order valence-electron chi connectivity index (χ2n) is 3.77. The molecule has 0 aliphatic rings. The molecule has 0 bridgehead atoms. The van der Waals surface area contributed by atoms with E-state index in [4.69, 9.17) is 14.9 Å². The van der Waals surface area contributed by atoms with E-state index in [9.17, 15) is 4.79 Å². The Balaban J connectivity index is 0. The van der Waals surface area contributed by atoms with Crippen molar-refractivity contribution in [2.45, 2.75) is 47.2 Å². The Bertz CT molecular complexity index is 394. The van der Waals surface area contributed by atoms with Gasteiger partial charge in [0, 0.05) is 12.1 Å². The molecule has 3 N–H and O–H groups in total. The van der Waals surface area contributed by atoms with Crippen molar-refractivity contribution in [3.05, 3.63) is 29.3 Å². The van der Waals surface area contributed by atoms with Crippen LogP contribution in [0.3, 0.4) is 0 Å². The molecule has 0 radical (unpaired) electrons. The maximum Gasteiger partial charge on any atom is 0.323 e. The zero-order valence-corrected chi connectivity index (χ0v) is 13.9. The minimum absolute atomic E-state index is 0.334. The lowest BCUT2D eigenvalue weighted by Gasteiger charge is -2.14. The quantitative estimate of drug-likeness (QED) is 0.752. The van der Waals surface area contributed by atoms with Crippen LogP contribution in [0.15, 0.2) is 18.2 Å². The van der Waals surface area contributed by atoms with Gasteiger partial charge in [-0.1, -0.05) is 39.8 Å². The Kier molecular flexibility index (Phi) is 13.8. The lowest BCUT2D eigenvalue weighted by atomic mass is 10.1. The third-order valence-electron chi connectivity index (χ3n) is 2.46. The number of ether oxygens (including phenoxy) is 1. The molecule has 0 saturated carbocycles. The molecule has 21 heavy (non-hydrogen) atoms. The van der Waals surface area contributed by atoms with E-state index in [-0.39, 0.29) is 0 Å². The molecular formula is C16H29NO4. The minimum atomic E-state index is -1.07. The van der Waals surface area contributed by atoms with E-state index in [2.05, 4.69) is 5.32 Å². The molecule has 0 heterocycles. The Morgan fingerprint density at radius 1 is 1.29 bits per heavy atom. The predicted molar refractivity (Wildman–Crippen MR) is 85.8 cm³/mol. The summed E-state index contributed by atoms with van der Waals surface area (Å²) in [5.74, 6) is -0.363. The van der Waals surface area contributed by atoms with Gasteiger partial charge in [0.05, 0.1) is 13.7 Å². The van der Waals surface area contributed by atoms with Gasteiger partial charge in [-0.05, 0) is 18.6 Å². The zero-order chi connectivity index (χ0) is 16.8. The molecule has 1 unspecified atom stereocenters. The number of carboxylic acid groups (broad SMARTS) is 1. The van der Waals surface area contributed by atoms with E-state index in [1.54, 1.807) is 7.11 Å². The predicted octanol–water partition coefficient (Wildman–Crippen LogP) is 2.59. The Morgan fingerprint density at radius 3 is 2.29 bits per heavy atom. The van der Waals surface area contributed by atoms with Crippen LogP contribution in [0.2, 0.25) is 0 Å². The van der Waals surface area contributed by atoms with E-state index in [1.165, 1.54) is 0 Å². The van der Waals surface area contributed by atoms with Crippen molar-refractivity contribution in [1.29, 1.82) is 0 Å². The Labute approximate surface area is 128 Å². The van der Waals surface area contributed by atoms with E-state index >= 15 is 0 Å². The molecule has 0 aliphatic heterocycles. The molecule has 1 rings (SSSR count). The third-order valence-corrected chi connectivity index (χ3v) is 2.46. The van der Waals surface area contributed by atoms with Gasteiger partial charge >= 0.3 is 5.97 Å². The molecule has 5 heteroatoms. The monoisotopic (exact) mass is 299 g/mol. The van der Waals surface area contributed by atoms with Gasteiger partial charge in [0.1, 0.15) is 11.8 Å². The first kappa shape index (κ1) is 21.7. The van der Waals surface area contributed by atoms with Crippen LogP contribution in [0.5, 0.6) is 5.75 Å². The van der Waals surface area contributed by atoms with Gasteiger partial charge in [0.15, 0.2) is 0 Å². The average molecular weight is 299 g/mol. The number of benzene rings is 1. The summed E-state index contributed by atoms with van der Waals surface area (Å²) in [6.45, 7) is 9.85. The highest BCUT2D eigenvalue weighted by molar-refractivity contribution is 5.73. The number of hydrogen-bond donors (Lipinski definition) is 3. The number of nitrogens with one attached hydrogen (secondary N) is 1. The first-order valence-corrected chi connectivity index (χ1v) is 7.29. The zero-order valence-electron chi connectivity index (χ0n) is 13.9. The van der Waals surface area contributed by atoms with Gasteiger partial charge in [0.25, 0.3) is 0 Å². The van der Waals surface area contributed by atoms with Crippen LogP contribution in [0.25, 0.3) is 0 Å². The number of aryl methyl sites for hydroxylation is 1. The standard InChI is InChI=1S/C12H17NO4.2C2H6/c1-8-3-4-9(11(5-8)17-2)6-13-10(7-14)12(15)16;2*1-2/h3-5,10,13-14H,6-7H2,1-2H3,(H,15,16);2*1-2H3. The molecule has 5 nitrogen and oxygen atoms in total. The number of rotatable bonds is 6. The lowest BCUT2D eigenvalue weighted by molar-refractivity contribution is -0.140. The SMILES string of the molecule is CC.CC.COc1cc(C)ccc1CNC(CO)C(=O)O. The fourth-order valence-corrected chi connectivity index (χ4v) is 1.46. The van der Waals surface area contributed by atoms with Crippen molar-refractivity contribution in [3.8, 4) is 5.75 Å². The smallest absolute Gasteiger partial charge is 0.323 e. The molecule has 1 atom stereocenters. The molecule has 0 aromatic heterocycles. The van der Waals surface area contributed by atoms with E-state index in [0.29, 0.717) is 12.3 Å². The average Bonchev–Trinajstić information content (AvgIpc) is 2.52. The van der Waals surface area contributed by atoms with Crippen LogP contribution in [0.4, 0.5) is 0 Å². The van der Waals surface area contributed by atoms with Crippen LogP contribution < -0.4 is 10.1 Å². The Hall–Kier alpha value is -1.59. The van der Waals surface area contributed by atoms with Gasteiger partial charge in [-0.2, -0.15) is 0 Å². The first-order chi connectivity index (χ1) is 10.1. The number of carboxylic acids is 1. The largest absolute Gasteiger partial charge is 0.496 e. The Morgan fingerprint density at radius 2 is 1.86 bits per heavy atom. The summed E-state index contributed by atoms with van der Waals surface area (Å²) in [4.78, 5) is 10.7. The lowest BCUT2D eigenvalue weighted by Crippen LogP contribution is -2.39. The van der Waals surface area contributed by atoms with Crippen LogP contribution in [0.1, 0.15) is 38.8 Å². The highest BCUT2D eigenvalue weighted by Crippen LogP contribution is 2.19. The van der Waals surface area contributed by atoms with Gasteiger partial charge in [-0.25, -0.2) is 0 Å². The molecule has 1 aromatic carbocycles. The molecule has 122 valence electrons. The van der Waals surface area contributed by atoms with Gasteiger partial charge < -0.3 is 14.9 Å². The second-order valence-corrected chi connectivity index (χ2v) is 3.77. The maximum atomic E-state index is 10.7. The number of aliphatic hydroxyl groups excluding tert-OH is 1. The molecule has 0 saturated heterocycles. The number of aliphatic carboxylic acids is 1. The van der Waals surface area contributed by atoms with Crippen molar-refractivity contribution in [3.63, 3.8) is 0 Å². The minimum Gasteiger partial charge on any atom is -0.496 e. The van der Waals surface area contributed by atoms with Gasteiger partial charge in [-0.15, -0.1) is 0 Å². The second kappa shape index (κ2) is 13.4. The fourth-order valence-electron chi connectivity index (χ4n) is 1.46. The van der Waals surface area contributed by atoms with Crippen molar-refractivity contribution >= 4 is 5.97 Å². The summed E-state index contributed by atoms with van der Waals surface area (Å²) >= 11 is 0. The summed E-state index contributed by atoms with van der Waals surface area (Å²) in [6, 6.07) is 4.72. The summed E-state index contributed by atoms with van der Waals surface area (Å²) in [5, 5.41) is 20.4. The third kappa shape index (κ3) is 8.32. The highest BCUT2D eigenvalue weighted by atomic mass is 16.5. The summed E-state index contributed by atoms with van der Waals surface area (Å²) in [7, 11) is 1.57. The normalized spacial score (nSPS) is 10.4. The number of aliphatic hydroxyl groups is 1. The fraction of sp³-hybridized carbons (Fsp3) is 0.562. The van der Waals surface area contributed by atoms with Gasteiger partial charge in [0.2, 0.25) is 0 Å². The molecule has 0 aliphatic carbocycles. The summed E-state index contributed by atoms with van der Waals surface area (Å²) in [6.07, 6.45) is 0. The molecule has 0 amide bonds. The first-order valence-electron chi connectivity index (χ1n) is 7.29. The molecular weight excluding hydrogens is 270 g/mol. The maximum absolute atomic E-state index is 10.7. The van der Waals surface area contributed by atoms with Crippen molar-refractivity contribution in [2.24, 2.45) is 0 Å². The van der Waals surface area contributed by atoms with Crippen molar-refractivity contribution in [2.75, 3.05) is 13.7 Å². The van der Waals surface area contributed by atoms with E-state index in [0.717, 1.165) is 11.1 Å². The molecule has 1 aromatic rings. The van der Waals surface area contributed by atoms with Crippen LogP contribution in [-0.2, 0) is 11.3 Å². The van der Waals surface area contributed by atoms with Crippen LogP contribution >= 0.6 is 0 Å². The number of carbonyl (C=O) groups is 1. The van der Waals surface area contributed by atoms with Gasteiger partial charge in [-0.3, -0.25) is 10.1 Å². The number of hydrogen-bond acceptors (Lipinski definition) is 4. The highest BCUT2D eigenvalue weighted by Gasteiger charge is 2.15. The van der Waals surface area contributed by atoms with E-state index < -0.39 is 18.6 Å². The number of methoxy groups -OCH3 is 1. The summed E-state index contributed by atoms with van der Waals surface area (Å²) < 4.78 is 5.20. The van der Waals surface area contributed by atoms with Crippen LogP contribution in [0, 0.1) is 6.92 Å². The van der Waals surface area contributed by atoms with E-state index in [1.807, 2.05) is 52.8 Å².